The van der Waals surface area contributed by atoms with Crippen LogP contribution in [0.25, 0.3) is 6.08 Å². The number of carbonyl (C=O) groups is 2. The highest BCUT2D eigenvalue weighted by Gasteiger charge is 2.26. The van der Waals surface area contributed by atoms with E-state index in [1.54, 1.807) is 6.08 Å². The number of aromatic nitrogens is 1. The largest absolute Gasteiger partial charge is 0.449 e. The second-order valence-electron chi connectivity index (χ2n) is 6.95. The Bertz CT molecular complexity index is 947. The standard InChI is InChI=1S/C21H22ClFN2O3/c1-12-10-15(13(2)25(12)17-6-7-17)4-9-20(26)28-14(3)21(27)24-19-8-5-16(23)11-18(19)22/h4-5,8-11,14,17H,6-7H2,1-3H3,(H,24,27)/b9-4+/t14-/m1/s1. The topological polar surface area (TPSA) is 60.3 Å². The third-order valence-corrected chi connectivity index (χ3v) is 5.00. The highest BCUT2D eigenvalue weighted by molar-refractivity contribution is 6.33. The van der Waals surface area contributed by atoms with E-state index in [1.807, 2.05) is 19.9 Å². The van der Waals surface area contributed by atoms with Crippen LogP contribution in [0.15, 0.2) is 30.3 Å². The van der Waals surface area contributed by atoms with Crippen molar-refractivity contribution in [2.45, 2.75) is 45.8 Å². The highest BCUT2D eigenvalue weighted by Crippen LogP contribution is 2.38. The molecular weight excluding hydrogens is 383 g/mol. The summed E-state index contributed by atoms with van der Waals surface area (Å²) in [4.78, 5) is 24.2. The maximum atomic E-state index is 13.1. The van der Waals surface area contributed by atoms with Crippen molar-refractivity contribution in [2.24, 2.45) is 0 Å². The Hall–Kier alpha value is -2.60. The fraction of sp³-hybridized carbons (Fsp3) is 0.333. The smallest absolute Gasteiger partial charge is 0.331 e. The number of hydrogen-bond donors (Lipinski definition) is 1. The number of carbonyl (C=O) groups excluding carboxylic acids is 2. The SMILES string of the molecule is Cc1cc(/C=C/C(=O)O[C@H](C)C(=O)Nc2ccc(F)cc2Cl)c(C)n1C1CC1. The fourth-order valence-corrected chi connectivity index (χ4v) is 3.33. The van der Waals surface area contributed by atoms with Crippen molar-refractivity contribution in [1.82, 2.24) is 4.57 Å². The molecule has 1 N–H and O–H groups in total. The van der Waals surface area contributed by atoms with Gasteiger partial charge in [-0.3, -0.25) is 4.79 Å². The van der Waals surface area contributed by atoms with E-state index in [0.717, 1.165) is 23.0 Å². The van der Waals surface area contributed by atoms with Gasteiger partial charge in [0, 0.05) is 23.5 Å². The molecule has 3 rings (SSSR count). The summed E-state index contributed by atoms with van der Waals surface area (Å²) in [7, 11) is 0. The normalized spacial score (nSPS) is 14.9. The Morgan fingerprint density at radius 3 is 2.68 bits per heavy atom. The number of ether oxygens (including phenoxy) is 1. The van der Waals surface area contributed by atoms with Gasteiger partial charge in [-0.05, 0) is 69.5 Å². The van der Waals surface area contributed by atoms with Crippen LogP contribution in [-0.2, 0) is 14.3 Å². The number of hydrogen-bond acceptors (Lipinski definition) is 3. The molecule has 0 radical (unpaired) electrons. The van der Waals surface area contributed by atoms with Gasteiger partial charge in [-0.2, -0.15) is 0 Å². The fourth-order valence-electron chi connectivity index (χ4n) is 3.12. The summed E-state index contributed by atoms with van der Waals surface area (Å²) in [6.45, 7) is 5.53. The van der Waals surface area contributed by atoms with Gasteiger partial charge in [0.2, 0.25) is 0 Å². The lowest BCUT2D eigenvalue weighted by Crippen LogP contribution is -2.29. The average molecular weight is 405 g/mol. The molecule has 1 aromatic heterocycles. The summed E-state index contributed by atoms with van der Waals surface area (Å²) >= 11 is 5.88. The van der Waals surface area contributed by atoms with E-state index >= 15 is 0 Å². The number of aryl methyl sites for hydroxylation is 1. The van der Waals surface area contributed by atoms with Crippen LogP contribution in [0.1, 0.15) is 42.8 Å². The Labute approximate surface area is 168 Å². The minimum absolute atomic E-state index is 0.0674. The number of nitrogens with one attached hydrogen (secondary N) is 1. The highest BCUT2D eigenvalue weighted by atomic mass is 35.5. The zero-order chi connectivity index (χ0) is 20.4. The minimum atomic E-state index is -1.03. The van der Waals surface area contributed by atoms with Crippen LogP contribution in [0.5, 0.6) is 0 Å². The summed E-state index contributed by atoms with van der Waals surface area (Å²) in [6, 6.07) is 6.22. The molecule has 148 valence electrons. The van der Waals surface area contributed by atoms with Gasteiger partial charge >= 0.3 is 5.97 Å². The molecule has 1 aromatic carbocycles. The quantitative estimate of drug-likeness (QED) is 0.554. The van der Waals surface area contributed by atoms with Crippen molar-refractivity contribution in [3.05, 3.63) is 58.1 Å². The maximum absolute atomic E-state index is 13.1. The first kappa shape index (κ1) is 20.1. The van der Waals surface area contributed by atoms with Crippen molar-refractivity contribution in [3.8, 4) is 0 Å². The summed E-state index contributed by atoms with van der Waals surface area (Å²) in [5.74, 6) is -1.68. The monoisotopic (exact) mass is 404 g/mol. The van der Waals surface area contributed by atoms with Gasteiger partial charge in [-0.25, -0.2) is 9.18 Å². The maximum Gasteiger partial charge on any atom is 0.331 e. The molecule has 0 saturated heterocycles. The van der Waals surface area contributed by atoms with E-state index < -0.39 is 23.8 Å². The average Bonchev–Trinajstić information content (AvgIpc) is 3.41. The molecule has 1 heterocycles. The van der Waals surface area contributed by atoms with E-state index in [0.29, 0.717) is 6.04 Å². The van der Waals surface area contributed by atoms with Crippen LogP contribution in [0.2, 0.25) is 5.02 Å². The van der Waals surface area contributed by atoms with Gasteiger partial charge in [-0.15, -0.1) is 0 Å². The predicted molar refractivity (Wildman–Crippen MR) is 107 cm³/mol. The molecule has 1 aliphatic rings. The van der Waals surface area contributed by atoms with E-state index in [2.05, 4.69) is 9.88 Å². The summed E-state index contributed by atoms with van der Waals surface area (Å²) in [5.41, 5.74) is 3.48. The Morgan fingerprint density at radius 2 is 2.04 bits per heavy atom. The van der Waals surface area contributed by atoms with E-state index in [1.165, 1.54) is 38.0 Å². The van der Waals surface area contributed by atoms with Crippen LogP contribution in [0.3, 0.4) is 0 Å². The molecule has 7 heteroatoms. The number of halogens is 2. The molecule has 1 aliphatic carbocycles. The van der Waals surface area contributed by atoms with E-state index in [4.69, 9.17) is 16.3 Å². The lowest BCUT2D eigenvalue weighted by Gasteiger charge is -2.13. The first-order chi connectivity index (χ1) is 13.3. The summed E-state index contributed by atoms with van der Waals surface area (Å²) in [6.07, 6.45) is 4.36. The predicted octanol–water partition coefficient (Wildman–Crippen LogP) is 4.82. The molecular formula is C21H22ClFN2O3. The number of rotatable bonds is 6. The lowest BCUT2D eigenvalue weighted by molar-refractivity contribution is -0.148. The van der Waals surface area contributed by atoms with Crippen molar-refractivity contribution in [2.75, 3.05) is 5.32 Å². The number of nitrogens with zero attached hydrogens (tertiary/aromatic N) is 1. The van der Waals surface area contributed by atoms with Gasteiger partial charge in [0.1, 0.15) is 5.82 Å². The second-order valence-corrected chi connectivity index (χ2v) is 7.36. The van der Waals surface area contributed by atoms with Crippen LogP contribution in [-0.4, -0.2) is 22.5 Å². The summed E-state index contributed by atoms with van der Waals surface area (Å²) in [5, 5.41) is 2.58. The minimum Gasteiger partial charge on any atom is -0.449 e. The molecule has 5 nitrogen and oxygen atoms in total. The molecule has 0 spiro atoms. The third-order valence-electron chi connectivity index (χ3n) is 4.69. The zero-order valence-electron chi connectivity index (χ0n) is 16.0. The Balaban J connectivity index is 1.58. The first-order valence-electron chi connectivity index (χ1n) is 9.09. The Kier molecular flexibility index (Phi) is 5.89. The molecule has 1 fully saturated rings. The number of anilines is 1. The van der Waals surface area contributed by atoms with E-state index in [-0.39, 0.29) is 10.7 Å². The number of benzene rings is 1. The molecule has 0 bridgehead atoms. The van der Waals surface area contributed by atoms with Crippen molar-refractivity contribution < 1.29 is 18.7 Å². The van der Waals surface area contributed by atoms with E-state index in [9.17, 15) is 14.0 Å². The molecule has 1 amide bonds. The third kappa shape index (κ3) is 4.62. The van der Waals surface area contributed by atoms with Crippen LogP contribution in [0.4, 0.5) is 10.1 Å². The molecule has 1 atom stereocenters. The second kappa shape index (κ2) is 8.19. The van der Waals surface area contributed by atoms with Gasteiger partial charge in [0.15, 0.2) is 6.10 Å². The molecule has 0 aliphatic heterocycles. The van der Waals surface area contributed by atoms with Crippen molar-refractivity contribution >= 4 is 35.2 Å². The van der Waals surface area contributed by atoms with Crippen LogP contribution < -0.4 is 5.32 Å². The first-order valence-corrected chi connectivity index (χ1v) is 9.47. The Morgan fingerprint density at radius 1 is 1.32 bits per heavy atom. The molecule has 28 heavy (non-hydrogen) atoms. The molecule has 0 unspecified atom stereocenters. The van der Waals surface area contributed by atoms with Crippen molar-refractivity contribution in [1.29, 1.82) is 0 Å². The number of amides is 1. The van der Waals surface area contributed by atoms with Crippen molar-refractivity contribution in [3.63, 3.8) is 0 Å². The lowest BCUT2D eigenvalue weighted by atomic mass is 10.2. The number of esters is 1. The molecule has 2 aromatic rings. The van der Waals surface area contributed by atoms with Gasteiger partial charge in [0.05, 0.1) is 10.7 Å². The summed E-state index contributed by atoms with van der Waals surface area (Å²) < 4.78 is 20.5. The van der Waals surface area contributed by atoms with Crippen LogP contribution in [0, 0.1) is 19.7 Å². The van der Waals surface area contributed by atoms with Gasteiger partial charge < -0.3 is 14.6 Å². The molecule has 1 saturated carbocycles. The zero-order valence-corrected chi connectivity index (χ0v) is 16.7. The van der Waals surface area contributed by atoms with Gasteiger partial charge in [-0.1, -0.05) is 11.6 Å². The van der Waals surface area contributed by atoms with Gasteiger partial charge in [0.25, 0.3) is 5.91 Å². The van der Waals surface area contributed by atoms with Crippen LogP contribution >= 0.6 is 11.6 Å².